The second kappa shape index (κ2) is 8.29. The number of amides is 1. The molecule has 2 rings (SSSR count). The number of carboxylic acids is 1. The fourth-order valence-electron chi connectivity index (χ4n) is 2.78. The number of carboxylic acid groups (broad SMARTS) is 1. The Kier molecular flexibility index (Phi) is 6.59. The van der Waals surface area contributed by atoms with Crippen LogP contribution in [-0.4, -0.2) is 60.3 Å². The molecule has 1 aliphatic heterocycles. The molecule has 1 N–H and O–H groups in total. The topological polar surface area (TPSA) is 95.0 Å². The van der Waals surface area contributed by atoms with Crippen molar-refractivity contribution in [1.29, 1.82) is 0 Å². The highest BCUT2D eigenvalue weighted by Gasteiger charge is 2.28. The molecule has 0 unspecified atom stereocenters. The Morgan fingerprint density at radius 1 is 1.24 bits per heavy atom. The minimum atomic E-state index is -3.50. The summed E-state index contributed by atoms with van der Waals surface area (Å²) in [6.45, 7) is 4.21. The minimum absolute atomic E-state index is 0.00560. The first-order valence-electron chi connectivity index (χ1n) is 8.32. The summed E-state index contributed by atoms with van der Waals surface area (Å²) in [6, 6.07) is 2.94. The largest absolute Gasteiger partial charge is 0.480 e. The van der Waals surface area contributed by atoms with Gasteiger partial charge in [-0.05, 0) is 38.8 Å². The number of thiophene rings is 1. The van der Waals surface area contributed by atoms with E-state index >= 15 is 0 Å². The van der Waals surface area contributed by atoms with Crippen molar-refractivity contribution >= 4 is 33.2 Å². The Hall–Kier alpha value is -1.45. The predicted octanol–water partition coefficient (Wildman–Crippen LogP) is 1.79. The molecule has 0 aromatic carbocycles. The Balaban J connectivity index is 2.10. The van der Waals surface area contributed by atoms with Crippen LogP contribution in [0.1, 0.15) is 38.0 Å². The molecule has 7 nitrogen and oxygen atoms in total. The molecule has 140 valence electrons. The fraction of sp³-hybridized carbons (Fsp3) is 0.625. The van der Waals surface area contributed by atoms with Crippen molar-refractivity contribution in [3.05, 3.63) is 17.0 Å². The van der Waals surface area contributed by atoms with Gasteiger partial charge in [0.15, 0.2) is 0 Å². The molecule has 1 fully saturated rings. The quantitative estimate of drug-likeness (QED) is 0.768. The maximum Gasteiger partial charge on any atom is 0.323 e. The summed E-state index contributed by atoms with van der Waals surface area (Å²) in [6.07, 6.45) is 2.79. The lowest BCUT2D eigenvalue weighted by molar-refractivity contribution is -0.145. The van der Waals surface area contributed by atoms with E-state index in [9.17, 15) is 18.0 Å². The van der Waals surface area contributed by atoms with Gasteiger partial charge in [-0.25, -0.2) is 8.42 Å². The van der Waals surface area contributed by atoms with Crippen molar-refractivity contribution in [2.24, 2.45) is 0 Å². The van der Waals surface area contributed by atoms with E-state index in [0.29, 0.717) is 18.0 Å². The van der Waals surface area contributed by atoms with Crippen LogP contribution in [0.4, 0.5) is 0 Å². The van der Waals surface area contributed by atoms with E-state index in [-0.39, 0.29) is 29.1 Å². The molecular weight excluding hydrogens is 364 g/mol. The highest BCUT2D eigenvalue weighted by Crippen LogP contribution is 2.27. The number of piperidine rings is 1. The third-order valence-electron chi connectivity index (χ3n) is 4.12. The molecular formula is C16H24N2O5S2. The van der Waals surface area contributed by atoms with E-state index in [0.717, 1.165) is 30.6 Å². The average molecular weight is 389 g/mol. The highest BCUT2D eigenvalue weighted by atomic mass is 32.2. The zero-order valence-electron chi connectivity index (χ0n) is 14.5. The number of aliphatic carboxylic acids is 1. The van der Waals surface area contributed by atoms with Gasteiger partial charge >= 0.3 is 5.97 Å². The number of carbonyl (C=O) groups excluding carboxylic acids is 1. The van der Waals surface area contributed by atoms with Gasteiger partial charge in [0.2, 0.25) is 5.91 Å². The molecule has 2 heterocycles. The second-order valence-corrected chi connectivity index (χ2v) is 9.70. The number of rotatable bonds is 7. The monoisotopic (exact) mass is 388 g/mol. The number of nitrogens with zero attached hydrogens (tertiary/aromatic N) is 2. The second-order valence-electron chi connectivity index (χ2n) is 6.37. The minimum Gasteiger partial charge on any atom is -0.480 e. The van der Waals surface area contributed by atoms with Crippen LogP contribution in [0.3, 0.4) is 0 Å². The van der Waals surface area contributed by atoms with Crippen LogP contribution in [0.5, 0.6) is 0 Å². The van der Waals surface area contributed by atoms with E-state index in [4.69, 9.17) is 5.11 Å². The summed E-state index contributed by atoms with van der Waals surface area (Å²) in [5.74, 6) is -1.39. The Bertz CT molecular complexity index is 721. The van der Waals surface area contributed by atoms with Gasteiger partial charge in [-0.15, -0.1) is 11.3 Å². The van der Waals surface area contributed by atoms with Gasteiger partial charge in [0, 0.05) is 24.0 Å². The van der Waals surface area contributed by atoms with Crippen LogP contribution >= 0.6 is 11.3 Å². The van der Waals surface area contributed by atoms with Gasteiger partial charge in [-0.3, -0.25) is 9.59 Å². The molecule has 0 atom stereocenters. The van der Waals surface area contributed by atoms with E-state index < -0.39 is 16.0 Å². The van der Waals surface area contributed by atoms with Gasteiger partial charge in [-0.1, -0.05) is 6.42 Å². The number of hydrogen-bond donors (Lipinski definition) is 1. The van der Waals surface area contributed by atoms with E-state index in [2.05, 4.69) is 0 Å². The van der Waals surface area contributed by atoms with Crippen molar-refractivity contribution in [3.8, 4) is 0 Å². The maximum absolute atomic E-state index is 12.6. The molecule has 0 bridgehead atoms. The lowest BCUT2D eigenvalue weighted by Gasteiger charge is -2.25. The third kappa shape index (κ3) is 5.02. The lowest BCUT2D eigenvalue weighted by atomic mass is 10.2. The van der Waals surface area contributed by atoms with E-state index in [1.807, 2.05) is 0 Å². The highest BCUT2D eigenvalue weighted by molar-refractivity contribution is 7.91. The van der Waals surface area contributed by atoms with Crippen LogP contribution < -0.4 is 0 Å². The summed E-state index contributed by atoms with van der Waals surface area (Å²) in [5.41, 5.74) is 0. The molecule has 9 heteroatoms. The standard InChI is InChI=1S/C16H24N2O5S2/c1-12(2)18(11-15(20)21)14(19)10-13-6-7-16(24-13)25(22,23)17-8-4-3-5-9-17/h6-7,12H,3-5,8-11H2,1-2H3,(H,20,21). The molecule has 1 aromatic heterocycles. The van der Waals surface area contributed by atoms with Crippen molar-refractivity contribution in [3.63, 3.8) is 0 Å². The Morgan fingerprint density at radius 3 is 2.44 bits per heavy atom. The first-order valence-corrected chi connectivity index (χ1v) is 10.6. The van der Waals surface area contributed by atoms with Gasteiger partial charge in [0.25, 0.3) is 10.0 Å². The first kappa shape index (κ1) is 19.9. The molecule has 0 saturated carbocycles. The summed E-state index contributed by atoms with van der Waals surface area (Å²) < 4.78 is 27.0. The number of carbonyl (C=O) groups is 2. The zero-order valence-corrected chi connectivity index (χ0v) is 16.1. The molecule has 0 spiro atoms. The molecule has 1 aliphatic rings. The summed E-state index contributed by atoms with van der Waals surface area (Å²) in [7, 11) is -3.50. The Morgan fingerprint density at radius 2 is 1.88 bits per heavy atom. The normalized spacial score (nSPS) is 16.1. The molecule has 25 heavy (non-hydrogen) atoms. The summed E-state index contributed by atoms with van der Waals surface area (Å²) >= 11 is 1.09. The number of hydrogen-bond acceptors (Lipinski definition) is 5. The zero-order chi connectivity index (χ0) is 18.6. The van der Waals surface area contributed by atoms with Crippen LogP contribution in [0.15, 0.2) is 16.3 Å². The average Bonchev–Trinajstić information content (AvgIpc) is 3.02. The van der Waals surface area contributed by atoms with Gasteiger partial charge in [-0.2, -0.15) is 4.31 Å². The molecule has 0 aliphatic carbocycles. The predicted molar refractivity (Wildman–Crippen MR) is 95.1 cm³/mol. The SMILES string of the molecule is CC(C)N(CC(=O)O)C(=O)Cc1ccc(S(=O)(=O)N2CCCCC2)s1. The molecule has 1 saturated heterocycles. The van der Waals surface area contributed by atoms with Crippen molar-refractivity contribution in [2.45, 2.75) is 49.8 Å². The summed E-state index contributed by atoms with van der Waals surface area (Å²) in [5, 5.41) is 8.93. The van der Waals surface area contributed by atoms with Gasteiger partial charge in [0.05, 0.1) is 6.42 Å². The van der Waals surface area contributed by atoms with Gasteiger partial charge in [0.1, 0.15) is 10.8 Å². The van der Waals surface area contributed by atoms with E-state index in [1.165, 1.54) is 15.3 Å². The van der Waals surface area contributed by atoms with Crippen molar-refractivity contribution in [1.82, 2.24) is 9.21 Å². The molecule has 1 aromatic rings. The molecule has 1 amide bonds. The lowest BCUT2D eigenvalue weighted by Crippen LogP contribution is -2.41. The fourth-order valence-corrected chi connectivity index (χ4v) is 5.80. The maximum atomic E-state index is 12.6. The van der Waals surface area contributed by atoms with E-state index in [1.54, 1.807) is 19.9 Å². The number of sulfonamides is 1. The van der Waals surface area contributed by atoms with Crippen LogP contribution in [0, 0.1) is 0 Å². The van der Waals surface area contributed by atoms with Crippen LogP contribution in [0.25, 0.3) is 0 Å². The Labute approximate surface area is 152 Å². The smallest absolute Gasteiger partial charge is 0.323 e. The van der Waals surface area contributed by atoms with Gasteiger partial charge < -0.3 is 10.0 Å². The van der Waals surface area contributed by atoms with Crippen molar-refractivity contribution in [2.75, 3.05) is 19.6 Å². The van der Waals surface area contributed by atoms with Crippen LogP contribution in [0.2, 0.25) is 0 Å². The third-order valence-corrected chi connectivity index (χ3v) is 7.57. The van der Waals surface area contributed by atoms with Crippen molar-refractivity contribution < 1.29 is 23.1 Å². The molecule has 0 radical (unpaired) electrons. The van der Waals surface area contributed by atoms with Crippen LogP contribution in [-0.2, 0) is 26.0 Å². The first-order chi connectivity index (χ1) is 11.7. The summed E-state index contributed by atoms with van der Waals surface area (Å²) in [4.78, 5) is 25.2.